The number of anilines is 1. The molecule has 20 heavy (non-hydrogen) atoms. The summed E-state index contributed by atoms with van der Waals surface area (Å²) in [5.41, 5.74) is 3.49. The number of methoxy groups -OCH3 is 1. The van der Waals surface area contributed by atoms with Gasteiger partial charge in [-0.2, -0.15) is 0 Å². The summed E-state index contributed by atoms with van der Waals surface area (Å²) in [6, 6.07) is 15.3. The Labute approximate surface area is 118 Å². The topological polar surface area (TPSA) is 38.3 Å². The number of carbonyl (C=O) groups excluding carboxylic acids is 1. The summed E-state index contributed by atoms with van der Waals surface area (Å²) in [6.45, 7) is 2.03. The number of benzene rings is 2. The minimum absolute atomic E-state index is 0.505. The van der Waals surface area contributed by atoms with Crippen molar-refractivity contribution < 1.29 is 9.53 Å². The second-order valence-corrected chi connectivity index (χ2v) is 4.28. The number of aryl methyl sites for hydroxylation is 1. The minimum Gasteiger partial charge on any atom is -0.453 e. The summed E-state index contributed by atoms with van der Waals surface area (Å²) in [5.74, 6) is 6.16. The highest BCUT2D eigenvalue weighted by Crippen LogP contribution is 2.14. The predicted molar refractivity (Wildman–Crippen MR) is 79.6 cm³/mol. The molecule has 0 spiro atoms. The van der Waals surface area contributed by atoms with Crippen molar-refractivity contribution in [2.24, 2.45) is 0 Å². The van der Waals surface area contributed by atoms with Crippen molar-refractivity contribution in [2.75, 3.05) is 12.4 Å². The molecule has 2 aromatic rings. The summed E-state index contributed by atoms with van der Waals surface area (Å²) in [5, 5.41) is 2.64. The molecule has 0 radical (unpaired) electrons. The molecule has 0 heterocycles. The van der Waals surface area contributed by atoms with Gasteiger partial charge in [0, 0.05) is 11.1 Å². The fraction of sp³-hybridized carbons (Fsp3) is 0.118. The van der Waals surface area contributed by atoms with Crippen molar-refractivity contribution in [1.82, 2.24) is 0 Å². The van der Waals surface area contributed by atoms with Crippen LogP contribution in [-0.4, -0.2) is 13.2 Å². The third kappa shape index (κ3) is 3.63. The van der Waals surface area contributed by atoms with E-state index in [9.17, 15) is 4.79 Å². The van der Waals surface area contributed by atoms with Crippen molar-refractivity contribution in [2.45, 2.75) is 6.92 Å². The van der Waals surface area contributed by atoms with Gasteiger partial charge in [0.05, 0.1) is 12.8 Å². The van der Waals surface area contributed by atoms with E-state index in [0.29, 0.717) is 5.69 Å². The van der Waals surface area contributed by atoms with Gasteiger partial charge in [0.1, 0.15) is 0 Å². The molecule has 0 aliphatic carbocycles. The smallest absolute Gasteiger partial charge is 0.411 e. The lowest BCUT2D eigenvalue weighted by molar-refractivity contribution is 0.187. The van der Waals surface area contributed by atoms with Gasteiger partial charge in [-0.15, -0.1) is 0 Å². The third-order valence-electron chi connectivity index (χ3n) is 2.71. The molecule has 0 saturated carbocycles. The molecule has 2 rings (SSSR count). The summed E-state index contributed by atoms with van der Waals surface area (Å²) >= 11 is 0. The fourth-order valence-corrected chi connectivity index (χ4v) is 1.72. The van der Waals surface area contributed by atoms with Gasteiger partial charge in [-0.25, -0.2) is 4.79 Å². The standard InChI is InChI=1S/C17H15NO2/c1-13-6-5-7-14(12-13)10-11-15-8-3-4-9-16(15)18-17(19)20-2/h3-9,12H,1-2H3,(H,18,19). The molecule has 3 heteroatoms. The van der Waals surface area contributed by atoms with Crippen LogP contribution in [0, 0.1) is 18.8 Å². The summed E-state index contributed by atoms with van der Waals surface area (Å²) in [6.07, 6.45) is -0.505. The maximum absolute atomic E-state index is 11.3. The Morgan fingerprint density at radius 1 is 1.10 bits per heavy atom. The van der Waals surface area contributed by atoms with E-state index in [1.54, 1.807) is 6.07 Å². The van der Waals surface area contributed by atoms with Crippen molar-refractivity contribution >= 4 is 11.8 Å². The van der Waals surface area contributed by atoms with Crippen LogP contribution in [0.4, 0.5) is 10.5 Å². The zero-order valence-electron chi connectivity index (χ0n) is 11.4. The van der Waals surface area contributed by atoms with Crippen LogP contribution in [0.25, 0.3) is 0 Å². The maximum Gasteiger partial charge on any atom is 0.411 e. The number of ether oxygens (including phenoxy) is 1. The molecule has 0 aliphatic rings. The van der Waals surface area contributed by atoms with E-state index >= 15 is 0 Å². The highest BCUT2D eigenvalue weighted by atomic mass is 16.5. The number of amides is 1. The predicted octanol–water partition coefficient (Wildman–Crippen LogP) is 3.57. The Morgan fingerprint density at radius 3 is 2.65 bits per heavy atom. The van der Waals surface area contributed by atoms with Gasteiger partial charge >= 0.3 is 6.09 Å². The van der Waals surface area contributed by atoms with Gasteiger partial charge < -0.3 is 4.74 Å². The van der Waals surface area contributed by atoms with Crippen LogP contribution >= 0.6 is 0 Å². The quantitative estimate of drug-likeness (QED) is 0.800. The first kappa shape index (κ1) is 13.7. The maximum atomic E-state index is 11.3. The van der Waals surface area contributed by atoms with Crippen LogP contribution in [0.15, 0.2) is 48.5 Å². The zero-order chi connectivity index (χ0) is 14.4. The van der Waals surface area contributed by atoms with E-state index in [0.717, 1.165) is 16.7 Å². The highest BCUT2D eigenvalue weighted by Gasteiger charge is 2.03. The van der Waals surface area contributed by atoms with Gasteiger partial charge in [0.25, 0.3) is 0 Å². The molecule has 0 fully saturated rings. The lowest BCUT2D eigenvalue weighted by atomic mass is 10.1. The summed E-state index contributed by atoms with van der Waals surface area (Å²) < 4.78 is 4.59. The lowest BCUT2D eigenvalue weighted by Crippen LogP contribution is -2.11. The Hall–Kier alpha value is -2.73. The molecule has 0 bridgehead atoms. The van der Waals surface area contributed by atoms with Gasteiger partial charge in [-0.3, -0.25) is 5.32 Å². The number of para-hydroxylation sites is 1. The van der Waals surface area contributed by atoms with Crippen LogP contribution < -0.4 is 5.32 Å². The third-order valence-corrected chi connectivity index (χ3v) is 2.71. The normalized spacial score (nSPS) is 9.30. The monoisotopic (exact) mass is 265 g/mol. The SMILES string of the molecule is COC(=O)Nc1ccccc1C#Cc1cccc(C)c1. The number of nitrogens with one attached hydrogen (secondary N) is 1. The van der Waals surface area contributed by atoms with E-state index in [1.807, 2.05) is 49.4 Å². The van der Waals surface area contributed by atoms with Crippen molar-refractivity contribution in [1.29, 1.82) is 0 Å². The molecule has 0 unspecified atom stereocenters. The van der Waals surface area contributed by atoms with E-state index in [2.05, 4.69) is 21.9 Å². The first-order valence-corrected chi connectivity index (χ1v) is 6.22. The van der Waals surface area contributed by atoms with Gasteiger partial charge in [-0.05, 0) is 36.8 Å². The Bertz CT molecular complexity index is 681. The molecule has 0 aromatic heterocycles. The van der Waals surface area contributed by atoms with E-state index in [4.69, 9.17) is 0 Å². The molecular formula is C17H15NO2. The number of carbonyl (C=O) groups is 1. The highest BCUT2D eigenvalue weighted by molar-refractivity contribution is 5.86. The fourth-order valence-electron chi connectivity index (χ4n) is 1.72. The summed E-state index contributed by atoms with van der Waals surface area (Å²) in [4.78, 5) is 11.3. The molecular weight excluding hydrogens is 250 g/mol. The zero-order valence-corrected chi connectivity index (χ0v) is 11.4. The molecule has 2 aromatic carbocycles. The molecule has 100 valence electrons. The lowest BCUT2D eigenvalue weighted by Gasteiger charge is -2.05. The number of hydrogen-bond donors (Lipinski definition) is 1. The van der Waals surface area contributed by atoms with E-state index in [1.165, 1.54) is 7.11 Å². The molecule has 0 saturated heterocycles. The van der Waals surface area contributed by atoms with Crippen LogP contribution in [0.5, 0.6) is 0 Å². The van der Waals surface area contributed by atoms with Crippen molar-refractivity contribution in [3.8, 4) is 11.8 Å². The minimum atomic E-state index is -0.505. The number of hydrogen-bond acceptors (Lipinski definition) is 2. The van der Waals surface area contributed by atoms with Gasteiger partial charge in [0.2, 0.25) is 0 Å². The van der Waals surface area contributed by atoms with Crippen LogP contribution in [-0.2, 0) is 4.74 Å². The first-order chi connectivity index (χ1) is 9.69. The second kappa shape index (κ2) is 6.44. The average molecular weight is 265 g/mol. The van der Waals surface area contributed by atoms with Crippen LogP contribution in [0.1, 0.15) is 16.7 Å². The Kier molecular flexibility index (Phi) is 4.41. The molecule has 0 atom stereocenters. The van der Waals surface area contributed by atoms with Crippen molar-refractivity contribution in [3.63, 3.8) is 0 Å². The Morgan fingerprint density at radius 2 is 1.90 bits per heavy atom. The molecule has 0 aliphatic heterocycles. The first-order valence-electron chi connectivity index (χ1n) is 6.22. The molecule has 3 nitrogen and oxygen atoms in total. The summed E-state index contributed by atoms with van der Waals surface area (Å²) in [7, 11) is 1.33. The van der Waals surface area contributed by atoms with Gasteiger partial charge in [0.15, 0.2) is 0 Å². The van der Waals surface area contributed by atoms with Crippen LogP contribution in [0.3, 0.4) is 0 Å². The van der Waals surface area contributed by atoms with Crippen LogP contribution in [0.2, 0.25) is 0 Å². The van der Waals surface area contributed by atoms with Gasteiger partial charge in [-0.1, -0.05) is 36.1 Å². The van der Waals surface area contributed by atoms with Crippen molar-refractivity contribution in [3.05, 3.63) is 65.2 Å². The average Bonchev–Trinajstić information content (AvgIpc) is 2.46. The Balaban J connectivity index is 2.28. The van der Waals surface area contributed by atoms with E-state index in [-0.39, 0.29) is 0 Å². The largest absolute Gasteiger partial charge is 0.453 e. The molecule has 1 amide bonds. The molecule has 1 N–H and O–H groups in total. The second-order valence-electron chi connectivity index (χ2n) is 4.28. The number of rotatable bonds is 1. The van der Waals surface area contributed by atoms with E-state index < -0.39 is 6.09 Å².